The van der Waals surface area contributed by atoms with Crippen LogP contribution in [0, 0.1) is 0 Å². The Hall–Kier alpha value is -2.61. The van der Waals surface area contributed by atoms with Gasteiger partial charge in [0.15, 0.2) is 11.5 Å². The van der Waals surface area contributed by atoms with Crippen molar-refractivity contribution in [3.8, 4) is 11.5 Å². The van der Waals surface area contributed by atoms with Crippen molar-refractivity contribution in [1.82, 2.24) is 14.7 Å². The lowest BCUT2D eigenvalue weighted by molar-refractivity contribution is -0.120. The molecule has 4 rings (SSSR count). The molecule has 0 spiro atoms. The van der Waals surface area contributed by atoms with Crippen LogP contribution in [0.25, 0.3) is 0 Å². The molecule has 7 nitrogen and oxygen atoms in total. The fourth-order valence-electron chi connectivity index (χ4n) is 5.51. The van der Waals surface area contributed by atoms with Crippen LogP contribution in [-0.4, -0.2) is 77.5 Å². The van der Waals surface area contributed by atoms with E-state index in [0.29, 0.717) is 25.3 Å². The van der Waals surface area contributed by atoms with Gasteiger partial charge in [-0.3, -0.25) is 14.2 Å². The molecule has 1 N–H and O–H groups in total. The Kier molecular flexibility index (Phi) is 9.69. The number of hydrogen-bond acceptors (Lipinski definition) is 5. The van der Waals surface area contributed by atoms with Crippen LogP contribution in [0.5, 0.6) is 11.5 Å². The van der Waals surface area contributed by atoms with Crippen molar-refractivity contribution in [2.75, 3.05) is 65.6 Å². The van der Waals surface area contributed by atoms with E-state index >= 15 is 0 Å². The normalized spacial score (nSPS) is 19.2. The standard InChI is InChI=1S/C31H47N4O3/c1-6-8-17-34(27-10-9-11-28(20-27)35(3,4)5)31(36)22-33-21-25(18-26(33)14-16-32-15-7-2)24-12-13-29-30(19-24)38-23-37-29/h9-13,19-20,25-26,32H,6-8,14-18,21-23H2,1-5H3/q+1. The van der Waals surface area contributed by atoms with Crippen molar-refractivity contribution in [3.63, 3.8) is 0 Å². The summed E-state index contributed by atoms with van der Waals surface area (Å²) in [6.07, 6.45) is 5.27. The van der Waals surface area contributed by atoms with E-state index in [1.807, 2.05) is 11.0 Å². The molecule has 2 heterocycles. The number of ether oxygens (including phenoxy) is 2. The van der Waals surface area contributed by atoms with Crippen molar-refractivity contribution in [3.05, 3.63) is 48.0 Å². The summed E-state index contributed by atoms with van der Waals surface area (Å²) >= 11 is 0. The molecule has 2 aromatic rings. The Morgan fingerprint density at radius 3 is 2.63 bits per heavy atom. The quantitative estimate of drug-likeness (QED) is 0.296. The summed E-state index contributed by atoms with van der Waals surface area (Å²) in [7, 11) is 6.49. The molecule has 1 saturated heterocycles. The Labute approximate surface area is 229 Å². The van der Waals surface area contributed by atoms with Crippen LogP contribution in [0.1, 0.15) is 57.4 Å². The number of hydrogen-bond donors (Lipinski definition) is 1. The summed E-state index contributed by atoms with van der Waals surface area (Å²) in [5, 5.41) is 3.56. The van der Waals surface area contributed by atoms with Crippen LogP contribution >= 0.6 is 0 Å². The smallest absolute Gasteiger partial charge is 0.241 e. The summed E-state index contributed by atoms with van der Waals surface area (Å²) < 4.78 is 11.9. The van der Waals surface area contributed by atoms with Crippen LogP contribution in [0.4, 0.5) is 11.4 Å². The molecular weight excluding hydrogens is 476 g/mol. The van der Waals surface area contributed by atoms with Gasteiger partial charge in [-0.25, -0.2) is 0 Å². The van der Waals surface area contributed by atoms with Crippen LogP contribution in [-0.2, 0) is 4.79 Å². The highest BCUT2D eigenvalue weighted by atomic mass is 16.7. The minimum atomic E-state index is 0.190. The predicted molar refractivity (Wildman–Crippen MR) is 156 cm³/mol. The maximum absolute atomic E-state index is 13.9. The second-order valence-electron chi connectivity index (χ2n) is 11.6. The van der Waals surface area contributed by atoms with E-state index in [1.165, 1.54) is 11.3 Å². The Balaban J connectivity index is 1.52. The zero-order valence-corrected chi connectivity index (χ0v) is 24.0. The van der Waals surface area contributed by atoms with Gasteiger partial charge in [0.05, 0.1) is 27.7 Å². The molecule has 0 radical (unpaired) electrons. The molecule has 0 saturated carbocycles. The second-order valence-corrected chi connectivity index (χ2v) is 11.6. The van der Waals surface area contributed by atoms with Crippen molar-refractivity contribution in [1.29, 1.82) is 0 Å². The molecule has 0 aliphatic carbocycles. The average Bonchev–Trinajstić information content (AvgIpc) is 3.53. The van der Waals surface area contributed by atoms with Crippen LogP contribution in [0.15, 0.2) is 42.5 Å². The van der Waals surface area contributed by atoms with Gasteiger partial charge in [0.1, 0.15) is 5.69 Å². The van der Waals surface area contributed by atoms with E-state index in [-0.39, 0.29) is 5.91 Å². The van der Waals surface area contributed by atoms with E-state index in [4.69, 9.17) is 9.47 Å². The van der Waals surface area contributed by atoms with Crippen molar-refractivity contribution in [2.24, 2.45) is 0 Å². The molecule has 2 aromatic carbocycles. The van der Waals surface area contributed by atoms with E-state index in [2.05, 4.69) is 81.6 Å². The highest BCUT2D eigenvalue weighted by Gasteiger charge is 2.35. The highest BCUT2D eigenvalue weighted by Crippen LogP contribution is 2.39. The number of quaternary nitrogens is 1. The number of amides is 1. The summed E-state index contributed by atoms with van der Waals surface area (Å²) in [6.45, 7) is 8.74. The molecule has 0 aromatic heterocycles. The highest BCUT2D eigenvalue weighted by molar-refractivity contribution is 5.95. The predicted octanol–water partition coefficient (Wildman–Crippen LogP) is 4.99. The number of carbonyl (C=O) groups excluding carboxylic acids is 1. The molecule has 7 heteroatoms. The Bertz CT molecular complexity index is 1070. The molecule has 1 fully saturated rings. The minimum Gasteiger partial charge on any atom is -0.454 e. The summed E-state index contributed by atoms with van der Waals surface area (Å²) in [5.74, 6) is 2.22. The van der Waals surface area contributed by atoms with E-state index in [9.17, 15) is 4.79 Å². The average molecular weight is 524 g/mol. The molecule has 2 unspecified atom stereocenters. The topological polar surface area (TPSA) is 54.0 Å². The largest absolute Gasteiger partial charge is 0.454 e. The van der Waals surface area contributed by atoms with E-state index in [1.54, 1.807) is 0 Å². The molecule has 2 aliphatic rings. The maximum atomic E-state index is 13.9. The Morgan fingerprint density at radius 2 is 1.87 bits per heavy atom. The van der Waals surface area contributed by atoms with Gasteiger partial charge >= 0.3 is 0 Å². The lowest BCUT2D eigenvalue weighted by Gasteiger charge is -2.30. The van der Waals surface area contributed by atoms with Crippen LogP contribution in [0.2, 0.25) is 0 Å². The Morgan fingerprint density at radius 1 is 1.05 bits per heavy atom. The fraction of sp³-hybridized carbons (Fsp3) is 0.581. The third-order valence-corrected chi connectivity index (χ3v) is 7.77. The number of carbonyl (C=O) groups is 1. The van der Waals surface area contributed by atoms with Crippen LogP contribution < -0.4 is 24.2 Å². The van der Waals surface area contributed by atoms with Crippen molar-refractivity contribution in [2.45, 2.75) is 57.9 Å². The summed E-state index contributed by atoms with van der Waals surface area (Å²) in [4.78, 5) is 18.4. The number of likely N-dealkylation sites (tertiary alicyclic amines) is 1. The molecule has 208 valence electrons. The van der Waals surface area contributed by atoms with Gasteiger partial charge in [-0.2, -0.15) is 0 Å². The number of fused-ring (bicyclic) bond motifs is 1. The third-order valence-electron chi connectivity index (χ3n) is 7.77. The SMILES string of the molecule is CCCCN(C(=O)CN1CC(c2ccc3c(c2)OCO3)CC1CCNCCC)c1cccc([N+](C)(C)C)c1. The lowest BCUT2D eigenvalue weighted by atomic mass is 9.95. The van der Waals surface area contributed by atoms with Crippen LogP contribution in [0.3, 0.4) is 0 Å². The first-order valence-electron chi connectivity index (χ1n) is 14.4. The van der Waals surface area contributed by atoms with E-state index < -0.39 is 0 Å². The van der Waals surface area contributed by atoms with Crippen molar-refractivity contribution < 1.29 is 14.3 Å². The number of benzene rings is 2. The first kappa shape index (κ1) is 28.4. The second kappa shape index (κ2) is 13.0. The van der Waals surface area contributed by atoms with Gasteiger partial charge in [0.2, 0.25) is 12.7 Å². The number of nitrogens with one attached hydrogen (secondary N) is 1. The molecule has 0 bridgehead atoms. The monoisotopic (exact) mass is 523 g/mol. The zero-order chi connectivity index (χ0) is 27.1. The van der Waals surface area contributed by atoms with Gasteiger partial charge in [-0.15, -0.1) is 0 Å². The maximum Gasteiger partial charge on any atom is 0.241 e. The number of anilines is 1. The summed E-state index contributed by atoms with van der Waals surface area (Å²) in [5.41, 5.74) is 3.47. The van der Waals surface area contributed by atoms with Gasteiger partial charge in [-0.05, 0) is 74.5 Å². The van der Waals surface area contributed by atoms with Gasteiger partial charge in [0.25, 0.3) is 0 Å². The zero-order valence-electron chi connectivity index (χ0n) is 24.0. The molecule has 2 atom stereocenters. The molecule has 38 heavy (non-hydrogen) atoms. The fourth-order valence-corrected chi connectivity index (χ4v) is 5.51. The van der Waals surface area contributed by atoms with Gasteiger partial charge in [0, 0.05) is 30.9 Å². The first-order chi connectivity index (χ1) is 18.3. The lowest BCUT2D eigenvalue weighted by Crippen LogP contribution is -2.43. The first-order valence-corrected chi connectivity index (χ1v) is 14.4. The van der Waals surface area contributed by atoms with Gasteiger partial charge < -0.3 is 19.7 Å². The number of nitrogens with zero attached hydrogens (tertiary/aromatic N) is 3. The number of rotatable bonds is 13. The molecule has 1 amide bonds. The van der Waals surface area contributed by atoms with Gasteiger partial charge in [-0.1, -0.05) is 32.4 Å². The summed E-state index contributed by atoms with van der Waals surface area (Å²) in [6, 6.07) is 15.2. The minimum absolute atomic E-state index is 0.190. The van der Waals surface area contributed by atoms with Crippen molar-refractivity contribution >= 4 is 17.3 Å². The molecular formula is C31H47N4O3+. The number of unbranched alkanes of at least 4 members (excludes halogenated alkanes) is 1. The molecule has 2 aliphatic heterocycles. The third kappa shape index (κ3) is 7.07. The van der Waals surface area contributed by atoms with E-state index in [0.717, 1.165) is 80.0 Å².